The van der Waals surface area contributed by atoms with Gasteiger partial charge in [-0.3, -0.25) is 0 Å². The molecule has 0 aromatic heterocycles. The Bertz CT molecular complexity index is 424. The van der Waals surface area contributed by atoms with E-state index in [2.05, 4.69) is 5.32 Å². The summed E-state index contributed by atoms with van der Waals surface area (Å²) >= 11 is 0. The normalized spacial score (nSPS) is 21.9. The smallest absolute Gasteiger partial charge is 0.200 e. The first-order chi connectivity index (χ1) is 9.69. The molecule has 0 radical (unpaired) electrons. The number of methoxy groups -OCH3 is 3. The lowest BCUT2D eigenvalue weighted by atomic mass is 10.1. The Morgan fingerprint density at radius 3 is 2.35 bits per heavy atom. The highest BCUT2D eigenvalue weighted by Gasteiger charge is 2.26. The Hall–Kier alpha value is -1.46. The van der Waals surface area contributed by atoms with Gasteiger partial charge in [0.15, 0.2) is 11.5 Å². The molecule has 1 aliphatic rings. The number of nitrogens with one attached hydrogen (secondary N) is 1. The van der Waals surface area contributed by atoms with Gasteiger partial charge in [0.2, 0.25) is 5.75 Å². The summed E-state index contributed by atoms with van der Waals surface area (Å²) in [6, 6.07) is 4.02. The van der Waals surface area contributed by atoms with E-state index in [1.165, 1.54) is 20.6 Å². The van der Waals surface area contributed by atoms with Crippen LogP contribution in [0, 0.1) is 0 Å². The second-order valence-corrected chi connectivity index (χ2v) is 5.04. The van der Waals surface area contributed by atoms with Crippen LogP contribution in [0.25, 0.3) is 0 Å². The fourth-order valence-electron chi connectivity index (χ4n) is 2.74. The zero-order valence-corrected chi connectivity index (χ0v) is 12.3. The summed E-state index contributed by atoms with van der Waals surface area (Å²) in [4.78, 5) is 0. The van der Waals surface area contributed by atoms with E-state index in [9.17, 15) is 5.11 Å². The van der Waals surface area contributed by atoms with Gasteiger partial charge in [0.05, 0.1) is 20.3 Å². The van der Waals surface area contributed by atoms with Crippen molar-refractivity contribution in [3.05, 3.63) is 17.7 Å². The van der Waals surface area contributed by atoms with Gasteiger partial charge in [0.25, 0.3) is 0 Å². The van der Waals surface area contributed by atoms with Crippen molar-refractivity contribution in [2.45, 2.75) is 38.0 Å². The van der Waals surface area contributed by atoms with Crippen molar-refractivity contribution in [3.63, 3.8) is 0 Å². The number of hydrogen-bond donors (Lipinski definition) is 2. The van der Waals surface area contributed by atoms with E-state index in [4.69, 9.17) is 14.2 Å². The number of aromatic hydroxyl groups is 1. The molecule has 0 amide bonds. The summed E-state index contributed by atoms with van der Waals surface area (Å²) in [6.07, 6.45) is 3.72. The van der Waals surface area contributed by atoms with Crippen molar-refractivity contribution in [1.29, 1.82) is 0 Å². The van der Waals surface area contributed by atoms with Gasteiger partial charge < -0.3 is 24.6 Å². The fraction of sp³-hybridized carbons (Fsp3) is 0.600. The van der Waals surface area contributed by atoms with Gasteiger partial charge >= 0.3 is 0 Å². The fourth-order valence-corrected chi connectivity index (χ4v) is 2.74. The van der Waals surface area contributed by atoms with Gasteiger partial charge in [-0.1, -0.05) is 0 Å². The van der Waals surface area contributed by atoms with E-state index >= 15 is 0 Å². The predicted molar refractivity (Wildman–Crippen MR) is 76.5 cm³/mol. The van der Waals surface area contributed by atoms with Gasteiger partial charge in [0, 0.05) is 19.7 Å². The Morgan fingerprint density at radius 2 is 1.80 bits per heavy atom. The van der Waals surface area contributed by atoms with Crippen LogP contribution in [0.4, 0.5) is 0 Å². The number of benzene rings is 1. The molecule has 2 rings (SSSR count). The number of hydrogen-bond acceptors (Lipinski definition) is 5. The van der Waals surface area contributed by atoms with Gasteiger partial charge in [-0.25, -0.2) is 0 Å². The molecule has 1 saturated carbocycles. The van der Waals surface area contributed by atoms with Crippen molar-refractivity contribution < 1.29 is 19.3 Å². The van der Waals surface area contributed by atoms with Crippen LogP contribution >= 0.6 is 0 Å². The van der Waals surface area contributed by atoms with Crippen LogP contribution in [0.15, 0.2) is 12.1 Å². The van der Waals surface area contributed by atoms with Crippen molar-refractivity contribution in [3.8, 4) is 17.2 Å². The maximum absolute atomic E-state index is 9.88. The van der Waals surface area contributed by atoms with Crippen LogP contribution in [-0.4, -0.2) is 38.6 Å². The molecule has 1 aromatic rings. The molecule has 20 heavy (non-hydrogen) atoms. The zero-order valence-electron chi connectivity index (χ0n) is 12.3. The molecular weight excluding hydrogens is 258 g/mol. The topological polar surface area (TPSA) is 60.0 Å². The Balaban J connectivity index is 2.05. The van der Waals surface area contributed by atoms with Crippen molar-refractivity contribution in [2.75, 3.05) is 21.3 Å². The molecule has 2 atom stereocenters. The quantitative estimate of drug-likeness (QED) is 0.836. The lowest BCUT2D eigenvalue weighted by Crippen LogP contribution is -2.36. The Labute approximate surface area is 119 Å². The SMILES string of the molecule is COc1cc(CNC2CCCC2OC)cc(OC)c1O. The second-order valence-electron chi connectivity index (χ2n) is 5.04. The minimum Gasteiger partial charge on any atom is -0.502 e. The maximum atomic E-state index is 9.88. The van der Waals surface area contributed by atoms with E-state index in [0.29, 0.717) is 24.1 Å². The van der Waals surface area contributed by atoms with Gasteiger partial charge in [-0.15, -0.1) is 0 Å². The average molecular weight is 281 g/mol. The molecule has 0 bridgehead atoms. The zero-order chi connectivity index (χ0) is 14.5. The molecule has 112 valence electrons. The first-order valence-corrected chi connectivity index (χ1v) is 6.89. The Kier molecular flexibility index (Phi) is 5.09. The molecule has 1 fully saturated rings. The lowest BCUT2D eigenvalue weighted by molar-refractivity contribution is 0.0847. The van der Waals surface area contributed by atoms with E-state index in [1.807, 2.05) is 12.1 Å². The summed E-state index contributed by atoms with van der Waals surface area (Å²) in [5, 5.41) is 13.4. The molecule has 0 spiro atoms. The molecule has 5 heteroatoms. The predicted octanol–water partition coefficient (Wildman–Crippen LogP) is 2.07. The summed E-state index contributed by atoms with van der Waals surface area (Å²) in [5.74, 6) is 0.890. The molecule has 0 saturated heterocycles. The van der Waals surface area contributed by atoms with Crippen LogP contribution in [0.5, 0.6) is 17.2 Å². The summed E-state index contributed by atoms with van der Waals surface area (Å²) in [5.41, 5.74) is 1.01. The number of ether oxygens (including phenoxy) is 3. The second kappa shape index (κ2) is 6.81. The maximum Gasteiger partial charge on any atom is 0.200 e. The third-order valence-corrected chi connectivity index (χ3v) is 3.86. The third kappa shape index (κ3) is 3.16. The lowest BCUT2D eigenvalue weighted by Gasteiger charge is -2.20. The van der Waals surface area contributed by atoms with Crippen LogP contribution in [0.3, 0.4) is 0 Å². The first kappa shape index (κ1) is 14.9. The standard InChI is InChI=1S/C15H23NO4/c1-18-12-6-4-5-11(12)16-9-10-7-13(19-2)15(17)14(8-10)20-3/h7-8,11-12,16-17H,4-6,9H2,1-3H3. The summed E-state index contributed by atoms with van der Waals surface area (Å²) in [6.45, 7) is 0.692. The average Bonchev–Trinajstić information content (AvgIpc) is 2.93. The van der Waals surface area contributed by atoms with Crippen LogP contribution in [0.2, 0.25) is 0 Å². The number of phenols is 1. The first-order valence-electron chi connectivity index (χ1n) is 6.89. The number of phenolic OH excluding ortho intramolecular Hbond substituents is 1. The van der Waals surface area contributed by atoms with Crippen molar-refractivity contribution in [2.24, 2.45) is 0 Å². The monoisotopic (exact) mass is 281 g/mol. The van der Waals surface area contributed by atoms with Crippen LogP contribution in [-0.2, 0) is 11.3 Å². The highest BCUT2D eigenvalue weighted by Crippen LogP contribution is 2.37. The van der Waals surface area contributed by atoms with Crippen LogP contribution in [0.1, 0.15) is 24.8 Å². The molecule has 1 aromatic carbocycles. The van der Waals surface area contributed by atoms with Gasteiger partial charge in [-0.2, -0.15) is 0 Å². The molecule has 1 aliphatic carbocycles. The highest BCUT2D eigenvalue weighted by atomic mass is 16.5. The largest absolute Gasteiger partial charge is 0.502 e. The van der Waals surface area contributed by atoms with Gasteiger partial charge in [-0.05, 0) is 37.0 Å². The molecule has 2 N–H and O–H groups in total. The molecule has 0 heterocycles. The Morgan fingerprint density at radius 1 is 1.15 bits per heavy atom. The minimum absolute atomic E-state index is 0.0365. The van der Waals surface area contributed by atoms with Gasteiger partial charge in [0.1, 0.15) is 0 Å². The van der Waals surface area contributed by atoms with E-state index < -0.39 is 0 Å². The number of rotatable bonds is 6. The van der Waals surface area contributed by atoms with E-state index in [-0.39, 0.29) is 11.9 Å². The van der Waals surface area contributed by atoms with Crippen molar-refractivity contribution >= 4 is 0 Å². The highest BCUT2D eigenvalue weighted by molar-refractivity contribution is 5.52. The molecule has 2 unspecified atom stereocenters. The molecule has 0 aliphatic heterocycles. The molecule has 5 nitrogen and oxygen atoms in total. The summed E-state index contributed by atoms with van der Waals surface area (Å²) < 4.78 is 15.8. The summed E-state index contributed by atoms with van der Waals surface area (Å²) in [7, 11) is 4.82. The van der Waals surface area contributed by atoms with Crippen molar-refractivity contribution in [1.82, 2.24) is 5.32 Å². The minimum atomic E-state index is 0.0365. The van der Waals surface area contributed by atoms with E-state index in [0.717, 1.165) is 18.4 Å². The van der Waals surface area contributed by atoms with E-state index in [1.54, 1.807) is 7.11 Å². The third-order valence-electron chi connectivity index (χ3n) is 3.86. The molecular formula is C15H23NO4. The van der Waals surface area contributed by atoms with Crippen LogP contribution < -0.4 is 14.8 Å².